The number of anilines is 1. The van der Waals surface area contributed by atoms with Crippen LogP contribution in [0.2, 0.25) is 0 Å². The number of hydrogen-bond donors (Lipinski definition) is 2. The number of non-ortho nitro benzene ring substituents is 1. The third kappa shape index (κ3) is 3.69. The fourth-order valence-electron chi connectivity index (χ4n) is 3.53. The SMILES string of the molecule is O=c1[nH]c(NCc2ccc3c(c2)OCCO3)nc2nccc(-c3ccc([N+](=O)[O-])cc3)c12. The summed E-state index contributed by atoms with van der Waals surface area (Å²) in [6, 6.07) is 13.3. The zero-order valence-corrected chi connectivity index (χ0v) is 16.7. The molecule has 0 saturated carbocycles. The molecule has 10 heteroatoms. The summed E-state index contributed by atoms with van der Waals surface area (Å²) in [5.41, 5.74) is 2.08. The monoisotopic (exact) mass is 431 g/mol. The number of nitro benzene ring substituents is 1. The Morgan fingerprint density at radius 1 is 1.06 bits per heavy atom. The summed E-state index contributed by atoms with van der Waals surface area (Å²) in [6.07, 6.45) is 1.55. The molecule has 3 heterocycles. The van der Waals surface area contributed by atoms with E-state index < -0.39 is 4.92 Å². The van der Waals surface area contributed by atoms with Crippen molar-refractivity contribution in [2.75, 3.05) is 18.5 Å². The molecular formula is C22H17N5O5. The average Bonchev–Trinajstić information content (AvgIpc) is 2.82. The Hall–Kier alpha value is -4.47. The first kappa shape index (κ1) is 19.5. The standard InChI is InChI=1S/C22H17N5O5/c28-21-19-16(14-2-4-15(5-3-14)27(29)30)7-8-23-20(19)25-22(26-21)24-12-13-1-6-17-18(11-13)32-10-9-31-17/h1-8,11H,9-10,12H2,(H2,23,24,25,26,28). The van der Waals surface area contributed by atoms with Crippen molar-refractivity contribution < 1.29 is 14.4 Å². The van der Waals surface area contributed by atoms with Gasteiger partial charge >= 0.3 is 0 Å². The molecule has 0 atom stereocenters. The normalized spacial score (nSPS) is 12.5. The second kappa shape index (κ2) is 7.99. The molecule has 0 radical (unpaired) electrons. The fourth-order valence-corrected chi connectivity index (χ4v) is 3.53. The van der Waals surface area contributed by atoms with Crippen LogP contribution in [0.4, 0.5) is 11.6 Å². The maximum Gasteiger partial charge on any atom is 0.269 e. The smallest absolute Gasteiger partial charge is 0.269 e. The van der Waals surface area contributed by atoms with E-state index in [-0.39, 0.29) is 22.8 Å². The molecule has 0 bridgehead atoms. The Labute approximate surface area is 181 Å². The molecule has 160 valence electrons. The maximum atomic E-state index is 12.9. The van der Waals surface area contributed by atoms with Crippen molar-refractivity contribution in [3.63, 3.8) is 0 Å². The van der Waals surface area contributed by atoms with Gasteiger partial charge in [0.2, 0.25) is 5.95 Å². The largest absolute Gasteiger partial charge is 0.486 e. The third-order valence-corrected chi connectivity index (χ3v) is 5.06. The van der Waals surface area contributed by atoms with Crippen LogP contribution in [0.1, 0.15) is 5.56 Å². The van der Waals surface area contributed by atoms with Crippen molar-refractivity contribution in [3.8, 4) is 22.6 Å². The van der Waals surface area contributed by atoms with Crippen LogP contribution < -0.4 is 20.3 Å². The van der Waals surface area contributed by atoms with Crippen molar-refractivity contribution >= 4 is 22.7 Å². The molecule has 1 aliphatic heterocycles. The van der Waals surface area contributed by atoms with Gasteiger partial charge in [-0.25, -0.2) is 4.98 Å². The van der Waals surface area contributed by atoms with E-state index in [2.05, 4.69) is 20.3 Å². The number of aromatic nitrogens is 3. The van der Waals surface area contributed by atoms with E-state index >= 15 is 0 Å². The second-order valence-corrected chi connectivity index (χ2v) is 7.11. The summed E-state index contributed by atoms with van der Waals surface area (Å²) in [7, 11) is 0. The van der Waals surface area contributed by atoms with E-state index in [1.165, 1.54) is 12.1 Å². The average molecular weight is 431 g/mol. The molecule has 10 nitrogen and oxygen atoms in total. The number of ether oxygens (including phenoxy) is 2. The number of nitrogens with zero attached hydrogens (tertiary/aromatic N) is 3. The molecule has 32 heavy (non-hydrogen) atoms. The van der Waals surface area contributed by atoms with Gasteiger partial charge in [0.05, 0.1) is 10.3 Å². The summed E-state index contributed by atoms with van der Waals surface area (Å²) in [5, 5.41) is 14.3. The van der Waals surface area contributed by atoms with Crippen LogP contribution in [0.15, 0.2) is 59.5 Å². The number of rotatable bonds is 5. The lowest BCUT2D eigenvalue weighted by molar-refractivity contribution is -0.384. The summed E-state index contributed by atoms with van der Waals surface area (Å²) in [6.45, 7) is 1.45. The first-order valence-corrected chi connectivity index (χ1v) is 9.85. The highest BCUT2D eigenvalue weighted by molar-refractivity contribution is 5.92. The molecule has 0 amide bonds. The lowest BCUT2D eigenvalue weighted by Gasteiger charge is -2.19. The molecule has 2 N–H and O–H groups in total. The molecule has 2 aromatic carbocycles. The summed E-state index contributed by atoms with van der Waals surface area (Å²) in [4.78, 5) is 34.7. The van der Waals surface area contributed by atoms with Crippen molar-refractivity contribution in [2.45, 2.75) is 6.54 Å². The van der Waals surface area contributed by atoms with E-state index in [1.807, 2.05) is 18.2 Å². The molecule has 1 aliphatic rings. The Morgan fingerprint density at radius 2 is 1.84 bits per heavy atom. The van der Waals surface area contributed by atoms with Gasteiger partial charge in [0.25, 0.3) is 11.2 Å². The van der Waals surface area contributed by atoms with E-state index in [9.17, 15) is 14.9 Å². The van der Waals surface area contributed by atoms with Crippen LogP contribution in [0.25, 0.3) is 22.2 Å². The minimum atomic E-state index is -0.470. The van der Waals surface area contributed by atoms with Crippen molar-refractivity contribution in [1.82, 2.24) is 15.0 Å². The quantitative estimate of drug-likeness (QED) is 0.363. The van der Waals surface area contributed by atoms with E-state index in [1.54, 1.807) is 24.4 Å². The van der Waals surface area contributed by atoms with Gasteiger partial charge in [-0.1, -0.05) is 6.07 Å². The number of H-pyrrole nitrogens is 1. The van der Waals surface area contributed by atoms with E-state index in [0.717, 1.165) is 5.56 Å². The number of nitro groups is 1. The highest BCUT2D eigenvalue weighted by atomic mass is 16.6. The van der Waals surface area contributed by atoms with Gasteiger partial charge in [0.15, 0.2) is 17.1 Å². The van der Waals surface area contributed by atoms with Crippen LogP contribution in [-0.2, 0) is 6.54 Å². The molecule has 4 aromatic rings. The summed E-state index contributed by atoms with van der Waals surface area (Å²) < 4.78 is 11.1. The van der Waals surface area contributed by atoms with E-state index in [0.29, 0.717) is 47.8 Å². The predicted molar refractivity (Wildman–Crippen MR) is 117 cm³/mol. The summed E-state index contributed by atoms with van der Waals surface area (Å²) >= 11 is 0. The highest BCUT2D eigenvalue weighted by Gasteiger charge is 2.14. The number of fused-ring (bicyclic) bond motifs is 2. The van der Waals surface area contributed by atoms with Gasteiger partial charge in [0, 0.05) is 24.9 Å². The van der Waals surface area contributed by atoms with Gasteiger partial charge in [0.1, 0.15) is 13.2 Å². The highest BCUT2D eigenvalue weighted by Crippen LogP contribution is 2.31. The predicted octanol–water partition coefficient (Wildman–Crippen LogP) is 3.28. The van der Waals surface area contributed by atoms with Gasteiger partial charge in [-0.3, -0.25) is 19.9 Å². The second-order valence-electron chi connectivity index (χ2n) is 7.11. The molecule has 0 aliphatic carbocycles. The van der Waals surface area contributed by atoms with Crippen LogP contribution in [0.5, 0.6) is 11.5 Å². The molecule has 5 rings (SSSR count). The van der Waals surface area contributed by atoms with Crippen molar-refractivity contribution in [2.24, 2.45) is 0 Å². The zero-order chi connectivity index (χ0) is 22.1. The Kier molecular flexibility index (Phi) is 4.86. The summed E-state index contributed by atoms with van der Waals surface area (Å²) in [5.74, 6) is 1.68. The van der Waals surface area contributed by atoms with Crippen LogP contribution in [0, 0.1) is 10.1 Å². The Bertz CT molecular complexity index is 1380. The maximum absolute atomic E-state index is 12.9. The fraction of sp³-hybridized carbons (Fsp3) is 0.136. The minimum absolute atomic E-state index is 0.0234. The lowest BCUT2D eigenvalue weighted by Crippen LogP contribution is -2.16. The molecule has 0 unspecified atom stereocenters. The molecule has 2 aromatic heterocycles. The Balaban J connectivity index is 1.43. The number of pyridine rings is 1. The minimum Gasteiger partial charge on any atom is -0.486 e. The molecule has 0 spiro atoms. The van der Waals surface area contributed by atoms with Gasteiger partial charge in [-0.15, -0.1) is 0 Å². The van der Waals surface area contributed by atoms with Gasteiger partial charge in [-0.05, 0) is 47.0 Å². The van der Waals surface area contributed by atoms with Gasteiger partial charge in [-0.2, -0.15) is 4.98 Å². The Morgan fingerprint density at radius 3 is 2.62 bits per heavy atom. The van der Waals surface area contributed by atoms with Crippen LogP contribution in [-0.4, -0.2) is 33.1 Å². The lowest BCUT2D eigenvalue weighted by atomic mass is 10.0. The molecule has 0 fully saturated rings. The molecular weight excluding hydrogens is 414 g/mol. The van der Waals surface area contributed by atoms with Gasteiger partial charge < -0.3 is 14.8 Å². The zero-order valence-electron chi connectivity index (χ0n) is 16.7. The van der Waals surface area contributed by atoms with Crippen molar-refractivity contribution in [1.29, 1.82) is 0 Å². The number of nitrogens with one attached hydrogen (secondary N) is 2. The van der Waals surface area contributed by atoms with Crippen LogP contribution >= 0.6 is 0 Å². The van der Waals surface area contributed by atoms with Crippen molar-refractivity contribution in [3.05, 3.63) is 80.8 Å². The number of hydrogen-bond acceptors (Lipinski definition) is 8. The third-order valence-electron chi connectivity index (χ3n) is 5.06. The first-order chi connectivity index (χ1) is 15.6. The number of benzene rings is 2. The van der Waals surface area contributed by atoms with Crippen LogP contribution in [0.3, 0.4) is 0 Å². The first-order valence-electron chi connectivity index (χ1n) is 9.85. The topological polar surface area (TPSA) is 132 Å². The molecule has 0 saturated heterocycles. The van der Waals surface area contributed by atoms with E-state index in [4.69, 9.17) is 9.47 Å². The number of aromatic amines is 1.